The summed E-state index contributed by atoms with van der Waals surface area (Å²) >= 11 is 0. The molecule has 17 heavy (non-hydrogen) atoms. The zero-order chi connectivity index (χ0) is 13.4. The summed E-state index contributed by atoms with van der Waals surface area (Å²) in [5.41, 5.74) is -0.814. The molecule has 1 aromatic carbocycles. The number of halogens is 4. The normalized spacial score (nSPS) is 14.8. The van der Waals surface area contributed by atoms with Crippen LogP contribution in [0.15, 0.2) is 18.2 Å². The second-order valence-corrected chi connectivity index (χ2v) is 5.32. The van der Waals surface area contributed by atoms with Gasteiger partial charge in [0.2, 0.25) is 0 Å². The van der Waals surface area contributed by atoms with Crippen LogP contribution < -0.4 is 0 Å². The van der Waals surface area contributed by atoms with Crippen molar-refractivity contribution < 1.29 is 17.6 Å². The molecule has 1 aromatic rings. The molecule has 0 radical (unpaired) electrons. The molecule has 0 unspecified atom stereocenters. The van der Waals surface area contributed by atoms with E-state index in [2.05, 4.69) is 0 Å². The standard InChI is InChI=1S/C13H16F4/c1-8(12(2,3)4)10-6-5-9(7-11(10)14)13(15,16)17/h5-8H,1-4H3/t8-/m1/s1. The van der Waals surface area contributed by atoms with Gasteiger partial charge in [-0.25, -0.2) is 4.39 Å². The highest BCUT2D eigenvalue weighted by Crippen LogP contribution is 2.37. The van der Waals surface area contributed by atoms with Gasteiger partial charge >= 0.3 is 6.18 Å². The summed E-state index contributed by atoms with van der Waals surface area (Å²) < 4.78 is 50.8. The molecule has 0 fully saturated rings. The highest BCUT2D eigenvalue weighted by molar-refractivity contribution is 5.29. The molecule has 0 amide bonds. The Balaban J connectivity index is 3.15. The van der Waals surface area contributed by atoms with Gasteiger partial charge in [-0.05, 0) is 29.0 Å². The van der Waals surface area contributed by atoms with Crippen LogP contribution in [0.2, 0.25) is 0 Å². The number of rotatable bonds is 1. The highest BCUT2D eigenvalue weighted by Gasteiger charge is 2.32. The lowest BCUT2D eigenvalue weighted by molar-refractivity contribution is -0.137. The van der Waals surface area contributed by atoms with Crippen molar-refractivity contribution in [1.29, 1.82) is 0 Å². The van der Waals surface area contributed by atoms with Gasteiger partial charge in [0.05, 0.1) is 5.56 Å². The van der Waals surface area contributed by atoms with E-state index in [4.69, 9.17) is 0 Å². The van der Waals surface area contributed by atoms with Gasteiger partial charge in [0.15, 0.2) is 0 Å². The van der Waals surface area contributed by atoms with Crippen molar-refractivity contribution in [2.75, 3.05) is 0 Å². The Labute approximate surface area is 98.6 Å². The second kappa shape index (κ2) is 4.31. The molecule has 0 spiro atoms. The van der Waals surface area contributed by atoms with Crippen molar-refractivity contribution in [2.24, 2.45) is 5.41 Å². The molecule has 1 atom stereocenters. The minimum absolute atomic E-state index is 0.148. The van der Waals surface area contributed by atoms with E-state index >= 15 is 0 Å². The van der Waals surface area contributed by atoms with E-state index < -0.39 is 17.6 Å². The summed E-state index contributed by atoms with van der Waals surface area (Å²) in [4.78, 5) is 0. The summed E-state index contributed by atoms with van der Waals surface area (Å²) in [6, 6.07) is 2.73. The molecule has 0 nitrogen and oxygen atoms in total. The lowest BCUT2D eigenvalue weighted by atomic mass is 9.77. The van der Waals surface area contributed by atoms with E-state index in [1.165, 1.54) is 6.07 Å². The maximum atomic E-state index is 13.7. The Morgan fingerprint density at radius 1 is 1.06 bits per heavy atom. The molecular weight excluding hydrogens is 232 g/mol. The minimum atomic E-state index is -4.50. The zero-order valence-electron chi connectivity index (χ0n) is 10.3. The van der Waals surface area contributed by atoms with Crippen LogP contribution in [0.4, 0.5) is 17.6 Å². The van der Waals surface area contributed by atoms with Crippen molar-refractivity contribution in [3.8, 4) is 0 Å². The van der Waals surface area contributed by atoms with Crippen LogP contribution in [0.1, 0.15) is 44.7 Å². The smallest absolute Gasteiger partial charge is 0.207 e. The average Bonchev–Trinajstić information content (AvgIpc) is 2.13. The SMILES string of the molecule is C[C@H](c1ccc(C(F)(F)F)cc1F)C(C)(C)C. The van der Waals surface area contributed by atoms with Crippen molar-refractivity contribution in [3.05, 3.63) is 35.1 Å². The molecule has 0 aliphatic rings. The van der Waals surface area contributed by atoms with Gasteiger partial charge in [0, 0.05) is 0 Å². The summed E-state index contributed by atoms with van der Waals surface area (Å²) in [6.45, 7) is 7.59. The lowest BCUT2D eigenvalue weighted by Crippen LogP contribution is -2.17. The third-order valence-electron chi connectivity index (χ3n) is 3.09. The number of hydrogen-bond acceptors (Lipinski definition) is 0. The summed E-state index contributed by atoms with van der Waals surface area (Å²) in [5, 5.41) is 0. The van der Waals surface area contributed by atoms with Gasteiger partial charge in [0.1, 0.15) is 5.82 Å². The first kappa shape index (κ1) is 14.0. The molecular formula is C13H16F4. The Kier molecular flexibility index (Phi) is 3.55. The topological polar surface area (TPSA) is 0 Å². The Morgan fingerprint density at radius 3 is 1.94 bits per heavy atom. The molecule has 0 bridgehead atoms. The predicted octanol–water partition coefficient (Wildman–Crippen LogP) is 4.99. The molecule has 0 saturated heterocycles. The molecule has 0 saturated carbocycles. The monoisotopic (exact) mass is 248 g/mol. The van der Waals surface area contributed by atoms with E-state index in [9.17, 15) is 17.6 Å². The van der Waals surface area contributed by atoms with Crippen LogP contribution in [0.25, 0.3) is 0 Å². The molecule has 0 aliphatic carbocycles. The molecule has 0 aliphatic heterocycles. The fraction of sp³-hybridized carbons (Fsp3) is 0.538. The quantitative estimate of drug-likeness (QED) is 0.614. The summed E-state index contributed by atoms with van der Waals surface area (Å²) in [5.74, 6) is -0.938. The Morgan fingerprint density at radius 2 is 1.59 bits per heavy atom. The van der Waals surface area contributed by atoms with Gasteiger partial charge in [-0.3, -0.25) is 0 Å². The molecule has 0 aromatic heterocycles. The van der Waals surface area contributed by atoms with Crippen molar-refractivity contribution in [3.63, 3.8) is 0 Å². The minimum Gasteiger partial charge on any atom is -0.207 e. The third kappa shape index (κ3) is 3.20. The molecule has 1 rings (SSSR count). The Hall–Kier alpha value is -1.06. The summed E-state index contributed by atoms with van der Waals surface area (Å²) in [6.07, 6.45) is -4.50. The van der Waals surface area contributed by atoms with Gasteiger partial charge in [-0.15, -0.1) is 0 Å². The van der Waals surface area contributed by atoms with E-state index in [-0.39, 0.29) is 11.3 Å². The van der Waals surface area contributed by atoms with Gasteiger partial charge in [-0.1, -0.05) is 33.8 Å². The number of alkyl halides is 3. The molecule has 4 heteroatoms. The van der Waals surface area contributed by atoms with Crippen molar-refractivity contribution in [2.45, 2.75) is 39.8 Å². The van der Waals surface area contributed by atoms with Crippen LogP contribution in [0, 0.1) is 11.2 Å². The van der Waals surface area contributed by atoms with E-state index in [1.807, 2.05) is 27.7 Å². The molecule has 0 N–H and O–H groups in total. The van der Waals surface area contributed by atoms with Crippen LogP contribution in [-0.2, 0) is 6.18 Å². The largest absolute Gasteiger partial charge is 0.416 e. The van der Waals surface area contributed by atoms with Crippen molar-refractivity contribution in [1.82, 2.24) is 0 Å². The second-order valence-electron chi connectivity index (χ2n) is 5.32. The maximum absolute atomic E-state index is 13.7. The molecule has 0 heterocycles. The Bertz CT molecular complexity index is 399. The third-order valence-corrected chi connectivity index (χ3v) is 3.09. The van der Waals surface area contributed by atoms with E-state index in [0.717, 1.165) is 6.07 Å². The van der Waals surface area contributed by atoms with Crippen LogP contribution in [-0.4, -0.2) is 0 Å². The number of hydrogen-bond donors (Lipinski definition) is 0. The summed E-state index contributed by atoms with van der Waals surface area (Å²) in [7, 11) is 0. The van der Waals surface area contributed by atoms with Gasteiger partial charge in [0.25, 0.3) is 0 Å². The van der Waals surface area contributed by atoms with Crippen LogP contribution in [0.5, 0.6) is 0 Å². The van der Waals surface area contributed by atoms with Crippen molar-refractivity contribution >= 4 is 0 Å². The first-order chi connectivity index (χ1) is 7.53. The van der Waals surface area contributed by atoms with Crippen LogP contribution >= 0.6 is 0 Å². The van der Waals surface area contributed by atoms with Gasteiger partial charge < -0.3 is 0 Å². The fourth-order valence-electron chi connectivity index (χ4n) is 1.52. The average molecular weight is 248 g/mol. The fourth-order valence-corrected chi connectivity index (χ4v) is 1.52. The first-order valence-corrected chi connectivity index (χ1v) is 5.40. The van der Waals surface area contributed by atoms with Gasteiger partial charge in [-0.2, -0.15) is 13.2 Å². The maximum Gasteiger partial charge on any atom is 0.416 e. The van der Waals surface area contributed by atoms with E-state index in [1.54, 1.807) is 0 Å². The molecule has 96 valence electrons. The first-order valence-electron chi connectivity index (χ1n) is 5.40. The lowest BCUT2D eigenvalue weighted by Gasteiger charge is -2.28. The number of benzene rings is 1. The highest BCUT2D eigenvalue weighted by atomic mass is 19.4. The van der Waals surface area contributed by atoms with E-state index in [0.29, 0.717) is 11.6 Å². The predicted molar refractivity (Wildman–Crippen MR) is 59.3 cm³/mol. The van der Waals surface area contributed by atoms with Crippen LogP contribution in [0.3, 0.4) is 0 Å². The zero-order valence-corrected chi connectivity index (χ0v) is 10.3.